The molecule has 1 aromatic rings. The number of unbranched alkanes of at least 4 members (excludes halogenated alkanes) is 3. The van der Waals surface area contributed by atoms with E-state index in [0.29, 0.717) is 6.54 Å². The quantitative estimate of drug-likeness (QED) is 0.312. The molecule has 0 saturated carbocycles. The molecule has 1 rings (SSSR count). The molecule has 0 aliphatic rings. The van der Waals surface area contributed by atoms with Gasteiger partial charge in [-0.15, -0.1) is 16.8 Å². The van der Waals surface area contributed by atoms with Crippen molar-refractivity contribution in [2.45, 2.75) is 52.6 Å². The number of aryl methyl sites for hydroxylation is 1. The predicted octanol–water partition coefficient (Wildman–Crippen LogP) is 2.44. The summed E-state index contributed by atoms with van der Waals surface area (Å²) in [5, 5.41) is 11.4. The first-order chi connectivity index (χ1) is 10.7. The molecule has 0 spiro atoms. The number of rotatable bonds is 10. The van der Waals surface area contributed by atoms with Crippen LogP contribution in [0, 0.1) is 0 Å². The van der Waals surface area contributed by atoms with Gasteiger partial charge in [-0.2, -0.15) is 0 Å². The Kier molecular flexibility index (Phi) is 8.95. The highest BCUT2D eigenvalue weighted by molar-refractivity contribution is 5.79. The van der Waals surface area contributed by atoms with Crippen molar-refractivity contribution in [1.82, 2.24) is 25.0 Å². The first kappa shape index (κ1) is 18.2. The molecule has 0 saturated heterocycles. The average Bonchev–Trinajstić information content (AvgIpc) is 2.98. The van der Waals surface area contributed by atoms with Crippen LogP contribution in [0.15, 0.2) is 24.0 Å². The van der Waals surface area contributed by atoms with Crippen LogP contribution in [0.1, 0.15) is 45.4 Å². The van der Waals surface area contributed by atoms with E-state index in [0.717, 1.165) is 37.8 Å². The van der Waals surface area contributed by atoms with Gasteiger partial charge in [-0.1, -0.05) is 12.5 Å². The van der Waals surface area contributed by atoms with Crippen LogP contribution in [0.3, 0.4) is 0 Å². The minimum absolute atomic E-state index is 0.553. The van der Waals surface area contributed by atoms with Gasteiger partial charge in [-0.25, -0.2) is 4.99 Å². The number of nitrogens with one attached hydrogen (secondary N) is 1. The normalized spacial score (nSPS) is 11.5. The van der Waals surface area contributed by atoms with E-state index in [1.54, 1.807) is 6.33 Å². The van der Waals surface area contributed by atoms with E-state index in [-0.39, 0.29) is 0 Å². The Morgan fingerprint density at radius 2 is 2.23 bits per heavy atom. The molecule has 1 aromatic heterocycles. The zero-order valence-corrected chi connectivity index (χ0v) is 14.3. The molecule has 0 amide bonds. The first-order valence-electron chi connectivity index (χ1n) is 8.19. The Bertz CT molecular complexity index is 451. The molecule has 0 bridgehead atoms. The van der Waals surface area contributed by atoms with E-state index < -0.39 is 0 Å². The van der Waals surface area contributed by atoms with Crippen molar-refractivity contribution in [2.75, 3.05) is 20.1 Å². The van der Waals surface area contributed by atoms with Crippen LogP contribution < -0.4 is 5.32 Å². The summed E-state index contributed by atoms with van der Waals surface area (Å²) in [6.07, 6.45) is 8.44. The highest BCUT2D eigenvalue weighted by atomic mass is 15.3. The lowest BCUT2D eigenvalue weighted by atomic mass is 10.2. The van der Waals surface area contributed by atoms with Crippen LogP contribution in [0.4, 0.5) is 0 Å². The fraction of sp³-hybridized carbons (Fsp3) is 0.688. The van der Waals surface area contributed by atoms with E-state index in [1.807, 2.05) is 10.6 Å². The number of guanidine groups is 1. The second kappa shape index (κ2) is 10.8. The van der Waals surface area contributed by atoms with E-state index in [9.17, 15) is 0 Å². The number of aromatic nitrogens is 3. The number of hydrogen-bond acceptors (Lipinski definition) is 3. The van der Waals surface area contributed by atoms with E-state index >= 15 is 0 Å². The summed E-state index contributed by atoms with van der Waals surface area (Å²) in [6.45, 7) is 11.2. The highest BCUT2D eigenvalue weighted by Gasteiger charge is 2.07. The molecule has 1 heterocycles. The molecule has 0 aliphatic carbocycles. The van der Waals surface area contributed by atoms with Crippen LogP contribution in [0.25, 0.3) is 0 Å². The zero-order chi connectivity index (χ0) is 16.2. The van der Waals surface area contributed by atoms with Gasteiger partial charge in [0.1, 0.15) is 12.9 Å². The summed E-state index contributed by atoms with van der Waals surface area (Å²) in [4.78, 5) is 6.86. The van der Waals surface area contributed by atoms with Crippen LogP contribution in [-0.2, 0) is 13.1 Å². The summed E-state index contributed by atoms with van der Waals surface area (Å²) < 4.78 is 2.02. The molecule has 0 unspecified atom stereocenters. The van der Waals surface area contributed by atoms with E-state index in [2.05, 4.69) is 52.9 Å². The fourth-order valence-electron chi connectivity index (χ4n) is 2.20. The third-order valence-corrected chi connectivity index (χ3v) is 3.50. The third-order valence-electron chi connectivity index (χ3n) is 3.50. The second-order valence-electron chi connectivity index (χ2n) is 5.26. The lowest BCUT2D eigenvalue weighted by Gasteiger charge is -2.22. The van der Waals surface area contributed by atoms with Gasteiger partial charge in [0.2, 0.25) is 0 Å². The predicted molar refractivity (Wildman–Crippen MR) is 91.8 cm³/mol. The van der Waals surface area contributed by atoms with Crippen molar-refractivity contribution in [3.63, 3.8) is 0 Å². The standard InChI is InChI=1S/C16H30N6/c1-5-8-9-10-11-12-21(4)16(17-6-2)18-13-15-20-19-14-22(15)7-3/h5,14H,1,6-13H2,2-4H3,(H,17,18). The zero-order valence-electron chi connectivity index (χ0n) is 14.3. The summed E-state index contributed by atoms with van der Waals surface area (Å²) in [5.74, 6) is 1.83. The van der Waals surface area contributed by atoms with Crippen LogP contribution in [0.2, 0.25) is 0 Å². The van der Waals surface area contributed by atoms with Gasteiger partial charge in [0, 0.05) is 26.7 Å². The van der Waals surface area contributed by atoms with Gasteiger partial charge in [0.05, 0.1) is 0 Å². The molecule has 6 heteroatoms. The third kappa shape index (κ3) is 6.28. The maximum atomic E-state index is 4.67. The molecule has 124 valence electrons. The second-order valence-corrected chi connectivity index (χ2v) is 5.26. The maximum absolute atomic E-state index is 4.67. The Labute approximate surface area is 134 Å². The van der Waals surface area contributed by atoms with Crippen molar-refractivity contribution in [2.24, 2.45) is 4.99 Å². The Morgan fingerprint density at radius 3 is 2.91 bits per heavy atom. The van der Waals surface area contributed by atoms with Gasteiger partial charge in [0.25, 0.3) is 0 Å². The first-order valence-corrected chi connectivity index (χ1v) is 8.19. The van der Waals surface area contributed by atoms with Gasteiger partial charge in [-0.05, 0) is 33.1 Å². The molecule has 0 fully saturated rings. The average molecular weight is 306 g/mol. The van der Waals surface area contributed by atoms with Gasteiger partial charge in [-0.3, -0.25) is 0 Å². The Morgan fingerprint density at radius 1 is 1.41 bits per heavy atom. The molecule has 1 N–H and O–H groups in total. The summed E-state index contributed by atoms with van der Waals surface area (Å²) in [6, 6.07) is 0. The maximum Gasteiger partial charge on any atom is 0.194 e. The lowest BCUT2D eigenvalue weighted by Crippen LogP contribution is -2.39. The number of nitrogens with zero attached hydrogens (tertiary/aromatic N) is 5. The van der Waals surface area contributed by atoms with Crippen LogP contribution in [-0.4, -0.2) is 45.8 Å². The molecule has 6 nitrogen and oxygen atoms in total. The Balaban J connectivity index is 2.51. The monoisotopic (exact) mass is 306 g/mol. The number of hydrogen-bond donors (Lipinski definition) is 1. The number of allylic oxidation sites excluding steroid dienone is 1. The number of aliphatic imine (C=N–C) groups is 1. The minimum Gasteiger partial charge on any atom is -0.357 e. The highest BCUT2D eigenvalue weighted by Crippen LogP contribution is 2.03. The molecule has 0 atom stereocenters. The minimum atomic E-state index is 0.553. The summed E-state index contributed by atoms with van der Waals surface area (Å²) in [5.41, 5.74) is 0. The van der Waals surface area contributed by atoms with Crippen molar-refractivity contribution in [3.05, 3.63) is 24.8 Å². The van der Waals surface area contributed by atoms with Gasteiger partial charge < -0.3 is 14.8 Å². The van der Waals surface area contributed by atoms with Crippen LogP contribution in [0.5, 0.6) is 0 Å². The van der Waals surface area contributed by atoms with Gasteiger partial charge in [0.15, 0.2) is 11.8 Å². The van der Waals surface area contributed by atoms with Gasteiger partial charge >= 0.3 is 0 Å². The lowest BCUT2D eigenvalue weighted by molar-refractivity contribution is 0.454. The SMILES string of the molecule is C=CCCCCCN(C)C(=NCc1nncn1CC)NCC. The molecular formula is C16H30N6. The molecular weight excluding hydrogens is 276 g/mol. The Hall–Kier alpha value is -1.85. The topological polar surface area (TPSA) is 58.3 Å². The van der Waals surface area contributed by atoms with Crippen molar-refractivity contribution >= 4 is 5.96 Å². The van der Waals surface area contributed by atoms with Crippen molar-refractivity contribution in [1.29, 1.82) is 0 Å². The molecule has 0 radical (unpaired) electrons. The largest absolute Gasteiger partial charge is 0.357 e. The smallest absolute Gasteiger partial charge is 0.194 e. The van der Waals surface area contributed by atoms with Crippen molar-refractivity contribution in [3.8, 4) is 0 Å². The molecule has 0 aromatic carbocycles. The summed E-state index contributed by atoms with van der Waals surface area (Å²) in [7, 11) is 2.08. The molecule has 0 aliphatic heterocycles. The summed E-state index contributed by atoms with van der Waals surface area (Å²) >= 11 is 0. The van der Waals surface area contributed by atoms with E-state index in [1.165, 1.54) is 19.3 Å². The fourth-order valence-corrected chi connectivity index (χ4v) is 2.20. The van der Waals surface area contributed by atoms with E-state index in [4.69, 9.17) is 0 Å². The van der Waals surface area contributed by atoms with Crippen molar-refractivity contribution < 1.29 is 0 Å². The molecule has 22 heavy (non-hydrogen) atoms. The van der Waals surface area contributed by atoms with Crippen LogP contribution >= 0.6 is 0 Å².